The molecule has 2 amide bonds. The molecule has 0 unspecified atom stereocenters. The molecule has 178 valence electrons. The van der Waals surface area contributed by atoms with Crippen molar-refractivity contribution in [1.29, 1.82) is 0 Å². The Morgan fingerprint density at radius 3 is 2.21 bits per heavy atom. The van der Waals surface area contributed by atoms with E-state index in [1.165, 1.54) is 5.56 Å². The van der Waals surface area contributed by atoms with Crippen LogP contribution >= 0.6 is 0 Å². The number of hydrogen-bond donors (Lipinski definition) is 1. The summed E-state index contributed by atoms with van der Waals surface area (Å²) in [6.45, 7) is 3.41. The summed E-state index contributed by atoms with van der Waals surface area (Å²) in [4.78, 5) is 19.8. The van der Waals surface area contributed by atoms with Crippen LogP contribution in [0.3, 0.4) is 0 Å². The molecule has 2 aromatic carbocycles. The van der Waals surface area contributed by atoms with Gasteiger partial charge in [-0.25, -0.2) is 4.79 Å². The monoisotopic (exact) mass is 451 g/mol. The lowest BCUT2D eigenvalue weighted by molar-refractivity contribution is 0.0119. The third-order valence-corrected chi connectivity index (χ3v) is 7.71. The van der Waals surface area contributed by atoms with Crippen molar-refractivity contribution in [3.63, 3.8) is 0 Å². The molecule has 1 aliphatic carbocycles. The van der Waals surface area contributed by atoms with E-state index < -0.39 is 6.10 Å². The van der Waals surface area contributed by atoms with E-state index in [1.807, 2.05) is 34.1 Å². The zero-order chi connectivity index (χ0) is 23.6. The van der Waals surface area contributed by atoms with Crippen LogP contribution in [-0.2, 0) is 12.1 Å². The molecular weight excluding hydrogens is 414 g/mol. The van der Waals surface area contributed by atoms with Crippen LogP contribution in [-0.4, -0.2) is 71.8 Å². The van der Waals surface area contributed by atoms with Gasteiger partial charge in [-0.3, -0.25) is 4.90 Å². The Bertz CT molecular complexity index is 935. The average molecular weight is 452 g/mol. The number of urea groups is 1. The number of rotatable bonds is 7. The van der Waals surface area contributed by atoms with Crippen LogP contribution in [0.1, 0.15) is 43.7 Å². The van der Waals surface area contributed by atoms with Gasteiger partial charge in [-0.05, 0) is 70.0 Å². The van der Waals surface area contributed by atoms with Crippen LogP contribution in [0.4, 0.5) is 4.79 Å². The second-order valence-electron chi connectivity index (χ2n) is 9.96. The van der Waals surface area contributed by atoms with Gasteiger partial charge in [-0.2, -0.15) is 0 Å². The fourth-order valence-electron chi connectivity index (χ4n) is 5.79. The lowest BCUT2D eigenvalue weighted by Gasteiger charge is -2.51. The van der Waals surface area contributed by atoms with Crippen LogP contribution in [0.25, 0.3) is 0 Å². The SMILES string of the molecule is COc1ccc(CN2C[C@]3(CC[C@@](c4ccccc4)(N(C)C)CC3)N(C[C@@H](C)O)C2=O)cc1. The molecule has 1 spiro atoms. The first-order chi connectivity index (χ1) is 15.8. The van der Waals surface area contributed by atoms with E-state index in [9.17, 15) is 9.90 Å². The molecule has 6 heteroatoms. The summed E-state index contributed by atoms with van der Waals surface area (Å²) in [5.41, 5.74) is 2.15. The number of methoxy groups -OCH3 is 1. The minimum absolute atomic E-state index is 0.0313. The minimum Gasteiger partial charge on any atom is -0.497 e. The van der Waals surface area contributed by atoms with Crippen molar-refractivity contribution < 1.29 is 14.6 Å². The minimum atomic E-state index is -0.554. The number of nitrogens with zero attached hydrogens (tertiary/aromatic N) is 3. The molecule has 33 heavy (non-hydrogen) atoms. The Kier molecular flexibility index (Phi) is 6.68. The standard InChI is InChI=1S/C27H37N3O3/c1-21(31)18-30-25(32)29(19-22-10-12-24(33-4)13-11-22)20-26(30)14-16-27(17-15-26,28(2)3)23-8-6-5-7-9-23/h5-13,21,31H,14-20H2,1-4H3/t21-,26-,27-/m1/s1. The van der Waals surface area contributed by atoms with Crippen molar-refractivity contribution >= 4 is 6.03 Å². The summed E-state index contributed by atoms with van der Waals surface area (Å²) in [5, 5.41) is 10.2. The van der Waals surface area contributed by atoms with Crippen LogP contribution in [0.15, 0.2) is 54.6 Å². The van der Waals surface area contributed by atoms with E-state index in [2.05, 4.69) is 49.3 Å². The summed E-state index contributed by atoms with van der Waals surface area (Å²) < 4.78 is 5.27. The highest BCUT2D eigenvalue weighted by Gasteiger charge is 2.54. The van der Waals surface area contributed by atoms with Gasteiger partial charge in [0.05, 0.1) is 18.8 Å². The molecule has 1 N–H and O–H groups in total. The molecule has 2 aromatic rings. The number of carbonyl (C=O) groups is 1. The quantitative estimate of drug-likeness (QED) is 0.689. The number of aliphatic hydroxyl groups excluding tert-OH is 1. The van der Waals surface area contributed by atoms with Crippen molar-refractivity contribution in [2.75, 3.05) is 34.3 Å². The normalized spacial score (nSPS) is 26.3. The van der Waals surface area contributed by atoms with Gasteiger partial charge >= 0.3 is 6.03 Å². The molecule has 6 nitrogen and oxygen atoms in total. The lowest BCUT2D eigenvalue weighted by atomic mass is 9.68. The van der Waals surface area contributed by atoms with Crippen LogP contribution < -0.4 is 4.74 Å². The predicted octanol–water partition coefficient (Wildman–Crippen LogP) is 4.08. The second kappa shape index (κ2) is 9.35. The molecule has 2 aliphatic rings. The first kappa shape index (κ1) is 23.6. The van der Waals surface area contributed by atoms with Gasteiger partial charge in [-0.1, -0.05) is 42.5 Å². The maximum Gasteiger partial charge on any atom is 0.321 e. The van der Waals surface area contributed by atoms with Crippen molar-refractivity contribution in [2.24, 2.45) is 0 Å². The number of benzene rings is 2. The molecule has 0 bridgehead atoms. The first-order valence-corrected chi connectivity index (χ1v) is 11.9. The zero-order valence-corrected chi connectivity index (χ0v) is 20.3. The summed E-state index contributed by atoms with van der Waals surface area (Å²) in [6, 6.07) is 18.7. The fourth-order valence-corrected chi connectivity index (χ4v) is 5.79. The molecule has 1 heterocycles. The molecule has 0 aromatic heterocycles. The van der Waals surface area contributed by atoms with Gasteiger partial charge in [-0.15, -0.1) is 0 Å². The van der Waals surface area contributed by atoms with Crippen LogP contribution in [0.5, 0.6) is 5.75 Å². The summed E-state index contributed by atoms with van der Waals surface area (Å²) in [6.07, 6.45) is 3.23. The van der Waals surface area contributed by atoms with E-state index in [0.717, 1.165) is 37.0 Å². The van der Waals surface area contributed by atoms with E-state index in [-0.39, 0.29) is 17.1 Å². The molecular formula is C27H37N3O3. The van der Waals surface area contributed by atoms with Crippen molar-refractivity contribution in [1.82, 2.24) is 14.7 Å². The van der Waals surface area contributed by atoms with Gasteiger partial charge in [0.25, 0.3) is 0 Å². The van der Waals surface area contributed by atoms with Crippen LogP contribution in [0.2, 0.25) is 0 Å². The summed E-state index contributed by atoms with van der Waals surface area (Å²) >= 11 is 0. The predicted molar refractivity (Wildman–Crippen MR) is 130 cm³/mol. The highest BCUT2D eigenvalue weighted by molar-refractivity contribution is 5.78. The van der Waals surface area contributed by atoms with Gasteiger partial charge in [0.15, 0.2) is 0 Å². The van der Waals surface area contributed by atoms with Crippen molar-refractivity contribution in [2.45, 2.75) is 56.3 Å². The number of amides is 2. The maximum absolute atomic E-state index is 13.5. The number of aliphatic hydroxyl groups is 1. The molecule has 0 radical (unpaired) electrons. The Morgan fingerprint density at radius 1 is 1.03 bits per heavy atom. The Balaban J connectivity index is 1.57. The van der Waals surface area contributed by atoms with Crippen molar-refractivity contribution in [3.05, 3.63) is 65.7 Å². The fraction of sp³-hybridized carbons (Fsp3) is 0.519. The molecule has 1 saturated heterocycles. The third kappa shape index (κ3) is 4.46. The zero-order valence-electron chi connectivity index (χ0n) is 20.3. The summed E-state index contributed by atoms with van der Waals surface area (Å²) in [5.74, 6) is 0.812. The third-order valence-electron chi connectivity index (χ3n) is 7.71. The van der Waals surface area contributed by atoms with E-state index in [1.54, 1.807) is 14.0 Å². The van der Waals surface area contributed by atoms with Gasteiger partial charge in [0, 0.05) is 25.2 Å². The van der Waals surface area contributed by atoms with Crippen molar-refractivity contribution in [3.8, 4) is 5.75 Å². The number of ether oxygens (including phenoxy) is 1. The first-order valence-electron chi connectivity index (χ1n) is 11.9. The number of hydrogen-bond acceptors (Lipinski definition) is 4. The largest absolute Gasteiger partial charge is 0.497 e. The Hall–Kier alpha value is -2.57. The molecule has 2 fully saturated rings. The van der Waals surface area contributed by atoms with E-state index in [0.29, 0.717) is 19.6 Å². The molecule has 1 atom stereocenters. The average Bonchev–Trinajstić information content (AvgIpc) is 3.05. The highest BCUT2D eigenvalue weighted by atomic mass is 16.5. The molecule has 1 saturated carbocycles. The van der Waals surface area contributed by atoms with Crippen LogP contribution in [0, 0.1) is 0 Å². The number of carbonyl (C=O) groups excluding carboxylic acids is 1. The van der Waals surface area contributed by atoms with Gasteiger partial charge in [0.2, 0.25) is 0 Å². The summed E-state index contributed by atoms with van der Waals surface area (Å²) in [7, 11) is 5.98. The highest BCUT2D eigenvalue weighted by Crippen LogP contribution is 2.49. The lowest BCUT2D eigenvalue weighted by Crippen LogP contribution is -2.56. The Morgan fingerprint density at radius 2 is 1.67 bits per heavy atom. The topological polar surface area (TPSA) is 56.3 Å². The van der Waals surface area contributed by atoms with Gasteiger partial charge < -0.3 is 19.6 Å². The smallest absolute Gasteiger partial charge is 0.321 e. The van der Waals surface area contributed by atoms with E-state index in [4.69, 9.17) is 4.74 Å². The van der Waals surface area contributed by atoms with E-state index >= 15 is 0 Å². The van der Waals surface area contributed by atoms with Gasteiger partial charge in [0.1, 0.15) is 5.75 Å². The number of β-amino-alcohol motifs (C(OH)–C–C–N with tert-alkyl or cyclic N) is 1. The Labute approximate surface area is 197 Å². The molecule has 4 rings (SSSR count). The maximum atomic E-state index is 13.5. The molecule has 1 aliphatic heterocycles. The second-order valence-corrected chi connectivity index (χ2v) is 9.96.